The Morgan fingerprint density at radius 2 is 2.11 bits per heavy atom. The lowest BCUT2D eigenvalue weighted by atomic mass is 10.3. The molecule has 0 aliphatic carbocycles. The highest BCUT2D eigenvalue weighted by Gasteiger charge is 2.14. The summed E-state index contributed by atoms with van der Waals surface area (Å²) >= 11 is 4.74. The number of primary amides is 1. The van der Waals surface area contributed by atoms with E-state index in [1.54, 1.807) is 13.1 Å². The van der Waals surface area contributed by atoms with E-state index < -0.39 is 0 Å². The van der Waals surface area contributed by atoms with Crippen molar-refractivity contribution in [3.05, 3.63) is 41.1 Å². The van der Waals surface area contributed by atoms with Gasteiger partial charge in [0.25, 0.3) is 0 Å². The van der Waals surface area contributed by atoms with Crippen molar-refractivity contribution in [3.8, 4) is 5.69 Å². The van der Waals surface area contributed by atoms with Gasteiger partial charge in [0.1, 0.15) is 0 Å². The Kier molecular flexibility index (Phi) is 4.08. The Bertz CT molecular complexity index is 553. The van der Waals surface area contributed by atoms with Crippen molar-refractivity contribution in [3.63, 3.8) is 0 Å². The highest BCUT2D eigenvalue weighted by Crippen LogP contribution is 2.24. The summed E-state index contributed by atoms with van der Waals surface area (Å²) in [7, 11) is 0. The molecular formula is C12H12BrN3OS. The molecule has 1 aromatic carbocycles. The number of imidazole rings is 1. The fourth-order valence-corrected chi connectivity index (χ4v) is 2.49. The van der Waals surface area contributed by atoms with Gasteiger partial charge < -0.3 is 5.73 Å². The van der Waals surface area contributed by atoms with Gasteiger partial charge in [0, 0.05) is 22.6 Å². The van der Waals surface area contributed by atoms with Crippen LogP contribution in [0.1, 0.15) is 6.92 Å². The first-order chi connectivity index (χ1) is 8.58. The number of aromatic nitrogens is 2. The number of hydrogen-bond donors (Lipinski definition) is 1. The molecule has 0 aliphatic rings. The van der Waals surface area contributed by atoms with Crippen molar-refractivity contribution in [2.24, 2.45) is 5.73 Å². The number of nitrogens with two attached hydrogens (primary N) is 1. The van der Waals surface area contributed by atoms with Gasteiger partial charge in [0.15, 0.2) is 5.16 Å². The molecule has 1 aromatic heterocycles. The van der Waals surface area contributed by atoms with Crippen LogP contribution in [-0.4, -0.2) is 20.7 Å². The van der Waals surface area contributed by atoms with Gasteiger partial charge in [-0.3, -0.25) is 9.36 Å². The molecule has 0 bridgehead atoms. The number of amides is 1. The van der Waals surface area contributed by atoms with E-state index >= 15 is 0 Å². The van der Waals surface area contributed by atoms with Gasteiger partial charge in [-0.1, -0.05) is 27.7 Å². The Morgan fingerprint density at radius 1 is 1.44 bits per heavy atom. The molecule has 0 aliphatic heterocycles. The number of carbonyl (C=O) groups excluding carboxylic acids is 1. The summed E-state index contributed by atoms with van der Waals surface area (Å²) in [6.07, 6.45) is 3.57. The number of hydrogen-bond acceptors (Lipinski definition) is 3. The average Bonchev–Trinajstić information content (AvgIpc) is 2.78. The molecule has 0 fully saturated rings. The van der Waals surface area contributed by atoms with Crippen LogP contribution in [-0.2, 0) is 4.79 Å². The van der Waals surface area contributed by atoms with Crippen molar-refractivity contribution >= 4 is 33.6 Å². The van der Waals surface area contributed by atoms with Gasteiger partial charge in [-0.05, 0) is 31.2 Å². The van der Waals surface area contributed by atoms with Crippen molar-refractivity contribution in [2.75, 3.05) is 0 Å². The Hall–Kier alpha value is -1.27. The summed E-state index contributed by atoms with van der Waals surface area (Å²) in [5.41, 5.74) is 6.25. The molecule has 0 unspecified atom stereocenters. The van der Waals surface area contributed by atoms with E-state index in [1.807, 2.05) is 35.0 Å². The van der Waals surface area contributed by atoms with E-state index in [2.05, 4.69) is 20.9 Å². The molecule has 4 nitrogen and oxygen atoms in total. The second-order valence-electron chi connectivity index (χ2n) is 3.72. The van der Waals surface area contributed by atoms with E-state index in [-0.39, 0.29) is 11.2 Å². The van der Waals surface area contributed by atoms with Gasteiger partial charge in [-0.15, -0.1) is 0 Å². The molecule has 2 N–H and O–H groups in total. The molecule has 0 radical (unpaired) electrons. The first kappa shape index (κ1) is 13.2. The lowest BCUT2D eigenvalue weighted by Gasteiger charge is -2.10. The normalized spacial score (nSPS) is 12.3. The SMILES string of the molecule is C[C@H](Sc1nccn1-c1ccc(Br)cc1)C(N)=O. The van der Waals surface area contributed by atoms with Crippen LogP contribution in [0.5, 0.6) is 0 Å². The van der Waals surface area contributed by atoms with Gasteiger partial charge in [-0.2, -0.15) is 0 Å². The first-order valence-corrected chi connectivity index (χ1v) is 7.00. The average molecular weight is 326 g/mol. The largest absolute Gasteiger partial charge is 0.369 e. The van der Waals surface area contributed by atoms with Crippen LogP contribution in [0.25, 0.3) is 5.69 Å². The van der Waals surface area contributed by atoms with E-state index in [1.165, 1.54) is 11.8 Å². The second kappa shape index (κ2) is 5.58. The lowest BCUT2D eigenvalue weighted by molar-refractivity contribution is -0.117. The predicted molar refractivity (Wildman–Crippen MR) is 75.8 cm³/mol. The van der Waals surface area contributed by atoms with Crippen molar-refractivity contribution in [1.82, 2.24) is 9.55 Å². The molecule has 94 valence electrons. The molecule has 0 spiro atoms. The van der Waals surface area contributed by atoms with Crippen LogP contribution in [0.2, 0.25) is 0 Å². The van der Waals surface area contributed by atoms with Crippen LogP contribution < -0.4 is 5.73 Å². The molecule has 1 amide bonds. The highest BCUT2D eigenvalue weighted by molar-refractivity contribution is 9.10. The predicted octanol–water partition coefficient (Wildman–Crippen LogP) is 2.60. The zero-order valence-corrected chi connectivity index (χ0v) is 12.1. The number of benzene rings is 1. The maximum absolute atomic E-state index is 11.1. The minimum Gasteiger partial charge on any atom is -0.369 e. The van der Waals surface area contributed by atoms with Crippen molar-refractivity contribution in [1.29, 1.82) is 0 Å². The molecule has 0 saturated heterocycles. The minimum atomic E-state index is -0.342. The highest BCUT2D eigenvalue weighted by atomic mass is 79.9. The Morgan fingerprint density at radius 3 is 2.72 bits per heavy atom. The standard InChI is InChI=1S/C12H12BrN3OS/c1-8(11(14)17)18-12-15-6-7-16(12)10-4-2-9(13)3-5-10/h2-8H,1H3,(H2,14,17)/t8-/m0/s1. The minimum absolute atomic E-state index is 0.304. The van der Waals surface area contributed by atoms with Crippen LogP contribution in [0.3, 0.4) is 0 Å². The summed E-state index contributed by atoms with van der Waals surface area (Å²) in [6, 6.07) is 7.87. The summed E-state index contributed by atoms with van der Waals surface area (Å²) in [5, 5.41) is 0.449. The third-order valence-electron chi connectivity index (χ3n) is 2.39. The van der Waals surface area contributed by atoms with Gasteiger partial charge in [-0.25, -0.2) is 4.98 Å². The van der Waals surface area contributed by atoms with E-state index in [0.717, 1.165) is 15.3 Å². The zero-order valence-electron chi connectivity index (χ0n) is 9.71. The molecule has 6 heteroatoms. The topological polar surface area (TPSA) is 60.9 Å². The van der Waals surface area contributed by atoms with Gasteiger partial charge >= 0.3 is 0 Å². The number of nitrogens with zero attached hydrogens (tertiary/aromatic N) is 2. The van der Waals surface area contributed by atoms with Crippen LogP contribution in [0, 0.1) is 0 Å². The molecular weight excluding hydrogens is 314 g/mol. The Labute approximate surface area is 118 Å². The maximum Gasteiger partial charge on any atom is 0.230 e. The summed E-state index contributed by atoms with van der Waals surface area (Å²) in [6.45, 7) is 1.77. The van der Waals surface area contributed by atoms with Crippen LogP contribution in [0.15, 0.2) is 46.3 Å². The van der Waals surface area contributed by atoms with Crippen molar-refractivity contribution in [2.45, 2.75) is 17.3 Å². The van der Waals surface area contributed by atoms with Gasteiger partial charge in [0.2, 0.25) is 5.91 Å². The summed E-state index contributed by atoms with van der Waals surface area (Å²) < 4.78 is 2.95. The smallest absolute Gasteiger partial charge is 0.230 e. The Balaban J connectivity index is 2.27. The summed E-state index contributed by atoms with van der Waals surface area (Å²) in [5.74, 6) is -0.342. The number of halogens is 1. The third-order valence-corrected chi connectivity index (χ3v) is 4.02. The van der Waals surface area contributed by atoms with Crippen LogP contribution in [0.4, 0.5) is 0 Å². The lowest BCUT2D eigenvalue weighted by Crippen LogP contribution is -2.22. The second-order valence-corrected chi connectivity index (χ2v) is 5.94. The number of rotatable bonds is 4. The molecule has 2 rings (SSSR count). The third kappa shape index (κ3) is 2.94. The fourth-order valence-electron chi connectivity index (χ4n) is 1.39. The first-order valence-electron chi connectivity index (χ1n) is 5.33. The molecule has 18 heavy (non-hydrogen) atoms. The van der Waals surface area contributed by atoms with Crippen LogP contribution >= 0.6 is 27.7 Å². The summed E-state index contributed by atoms with van der Waals surface area (Å²) in [4.78, 5) is 15.3. The monoisotopic (exact) mass is 325 g/mol. The number of carbonyl (C=O) groups is 1. The van der Waals surface area contributed by atoms with E-state index in [0.29, 0.717) is 0 Å². The van der Waals surface area contributed by atoms with Gasteiger partial charge in [0.05, 0.1) is 5.25 Å². The fraction of sp³-hybridized carbons (Fsp3) is 0.167. The maximum atomic E-state index is 11.1. The van der Waals surface area contributed by atoms with E-state index in [4.69, 9.17) is 5.73 Å². The van der Waals surface area contributed by atoms with E-state index in [9.17, 15) is 4.79 Å². The molecule has 0 saturated carbocycles. The quantitative estimate of drug-likeness (QED) is 0.879. The zero-order chi connectivity index (χ0) is 13.1. The molecule has 1 atom stereocenters. The molecule has 1 heterocycles. The number of thioether (sulfide) groups is 1. The van der Waals surface area contributed by atoms with Crippen molar-refractivity contribution < 1.29 is 4.79 Å². The molecule has 2 aromatic rings.